The summed E-state index contributed by atoms with van der Waals surface area (Å²) in [7, 11) is 1.60. The molecule has 1 aliphatic heterocycles. The van der Waals surface area contributed by atoms with E-state index in [1.54, 1.807) is 32.2 Å². The third-order valence-electron chi connectivity index (χ3n) is 6.76. The Morgan fingerprint density at radius 1 is 1.09 bits per heavy atom. The molecule has 1 saturated heterocycles. The Labute approximate surface area is 206 Å². The number of hydrogen-bond donors (Lipinski definition) is 2. The summed E-state index contributed by atoms with van der Waals surface area (Å²) in [5.41, 5.74) is 8.40. The number of nitrogens with zero attached hydrogens (tertiary/aromatic N) is 2. The molecule has 0 saturated carbocycles. The summed E-state index contributed by atoms with van der Waals surface area (Å²) in [5.74, 6) is -0.877. The fourth-order valence-electron chi connectivity index (χ4n) is 4.75. The van der Waals surface area contributed by atoms with Crippen molar-refractivity contribution >= 4 is 11.8 Å². The van der Waals surface area contributed by atoms with E-state index in [9.17, 15) is 18.4 Å². The lowest BCUT2D eigenvalue weighted by molar-refractivity contribution is -0.139. The molecule has 2 aromatic carbocycles. The average Bonchev–Trinajstić information content (AvgIpc) is 2.85. The first-order chi connectivity index (χ1) is 16.7. The summed E-state index contributed by atoms with van der Waals surface area (Å²) in [6.45, 7) is 5.28. The maximum Gasteiger partial charge on any atom is 0.240 e. The highest BCUT2D eigenvalue weighted by Crippen LogP contribution is 2.21. The van der Waals surface area contributed by atoms with Crippen molar-refractivity contribution in [2.45, 2.75) is 57.7 Å². The van der Waals surface area contributed by atoms with Gasteiger partial charge in [0.25, 0.3) is 0 Å². The second-order valence-corrected chi connectivity index (χ2v) is 9.32. The molecule has 0 bridgehead atoms. The van der Waals surface area contributed by atoms with Gasteiger partial charge in [0.15, 0.2) is 0 Å². The van der Waals surface area contributed by atoms with Crippen LogP contribution in [-0.2, 0) is 22.4 Å². The predicted molar refractivity (Wildman–Crippen MR) is 133 cm³/mol. The molecule has 2 aromatic rings. The highest BCUT2D eigenvalue weighted by Gasteiger charge is 2.36. The van der Waals surface area contributed by atoms with Crippen molar-refractivity contribution in [1.29, 1.82) is 0 Å². The second-order valence-electron chi connectivity index (χ2n) is 9.32. The number of nitrogens with one attached hydrogen (secondary N) is 1. The Morgan fingerprint density at radius 2 is 1.77 bits per heavy atom. The lowest BCUT2D eigenvalue weighted by atomic mass is 9.98. The van der Waals surface area contributed by atoms with E-state index in [4.69, 9.17) is 5.73 Å². The number of piperazine rings is 1. The van der Waals surface area contributed by atoms with Crippen LogP contribution in [0, 0.1) is 18.6 Å². The molecule has 1 aliphatic rings. The monoisotopic (exact) mass is 486 g/mol. The zero-order valence-electron chi connectivity index (χ0n) is 20.8. The fourth-order valence-corrected chi connectivity index (χ4v) is 4.75. The standard InChI is InChI=1S/C27H36F2N4O2/c1-4-5-22-17-32(25(26(34)31-3)16-20-7-6-18(2)23(29)14-20)12-13-33(22)27(35)24(30)15-19-8-10-21(28)11-9-19/h6-11,14,22,24-25H,4-5,12-13,15-17,30H2,1-3H3,(H,31,34). The fraction of sp³-hybridized carbons (Fsp3) is 0.481. The minimum atomic E-state index is -0.725. The van der Waals surface area contributed by atoms with Crippen LogP contribution in [0.15, 0.2) is 42.5 Å². The molecule has 6 nitrogen and oxygen atoms in total. The van der Waals surface area contributed by atoms with E-state index in [2.05, 4.69) is 17.1 Å². The molecule has 3 N–H and O–H groups in total. The highest BCUT2D eigenvalue weighted by atomic mass is 19.1. The number of likely N-dealkylation sites (N-methyl/N-ethyl adjacent to an activating group) is 1. The van der Waals surface area contributed by atoms with E-state index in [-0.39, 0.29) is 29.5 Å². The van der Waals surface area contributed by atoms with Gasteiger partial charge in [-0.05, 0) is 61.1 Å². The van der Waals surface area contributed by atoms with Crippen molar-refractivity contribution in [1.82, 2.24) is 15.1 Å². The first-order valence-electron chi connectivity index (χ1n) is 12.2. The quantitative estimate of drug-likeness (QED) is 0.572. The molecule has 35 heavy (non-hydrogen) atoms. The van der Waals surface area contributed by atoms with Crippen LogP contribution in [0.4, 0.5) is 8.78 Å². The maximum atomic E-state index is 14.1. The second kappa shape index (κ2) is 12.2. The molecule has 2 amide bonds. The van der Waals surface area contributed by atoms with Crippen molar-refractivity contribution in [3.8, 4) is 0 Å². The Morgan fingerprint density at radius 3 is 2.40 bits per heavy atom. The van der Waals surface area contributed by atoms with Crippen LogP contribution in [-0.4, -0.2) is 66.4 Å². The molecule has 190 valence electrons. The summed E-state index contributed by atoms with van der Waals surface area (Å²) < 4.78 is 27.3. The SMILES string of the molecule is CCCC1CN(C(Cc2ccc(C)c(F)c2)C(=O)NC)CCN1C(=O)C(N)Cc1ccc(F)cc1. The zero-order chi connectivity index (χ0) is 25.5. The molecular formula is C27H36F2N4O2. The van der Waals surface area contributed by atoms with Crippen LogP contribution in [0.5, 0.6) is 0 Å². The van der Waals surface area contributed by atoms with Crippen LogP contribution < -0.4 is 11.1 Å². The molecule has 8 heteroatoms. The molecule has 0 aromatic heterocycles. The summed E-state index contributed by atoms with van der Waals surface area (Å²) in [5, 5.41) is 2.74. The Bertz CT molecular complexity index is 1010. The minimum Gasteiger partial charge on any atom is -0.358 e. The Kier molecular flexibility index (Phi) is 9.34. The third kappa shape index (κ3) is 6.86. The predicted octanol–water partition coefficient (Wildman–Crippen LogP) is 2.81. The van der Waals surface area contributed by atoms with Gasteiger partial charge in [-0.2, -0.15) is 0 Å². The van der Waals surface area contributed by atoms with Gasteiger partial charge in [-0.15, -0.1) is 0 Å². The van der Waals surface area contributed by atoms with Crippen LogP contribution in [0.3, 0.4) is 0 Å². The number of hydrogen-bond acceptors (Lipinski definition) is 4. The number of benzene rings is 2. The summed E-state index contributed by atoms with van der Waals surface area (Å²) >= 11 is 0. The van der Waals surface area contributed by atoms with Crippen LogP contribution >= 0.6 is 0 Å². The first-order valence-corrected chi connectivity index (χ1v) is 12.2. The van der Waals surface area contributed by atoms with Gasteiger partial charge in [-0.25, -0.2) is 8.78 Å². The molecule has 1 heterocycles. The molecule has 0 spiro atoms. The molecule has 1 fully saturated rings. The van der Waals surface area contributed by atoms with Crippen LogP contribution in [0.2, 0.25) is 0 Å². The average molecular weight is 487 g/mol. The minimum absolute atomic E-state index is 0.0811. The van der Waals surface area contributed by atoms with Gasteiger partial charge < -0.3 is 16.0 Å². The lowest BCUT2D eigenvalue weighted by Crippen LogP contribution is -2.62. The van der Waals surface area contributed by atoms with Crippen molar-refractivity contribution in [2.24, 2.45) is 5.73 Å². The van der Waals surface area contributed by atoms with E-state index in [1.807, 2.05) is 11.0 Å². The normalized spacial score (nSPS) is 18.2. The molecule has 3 unspecified atom stereocenters. The van der Waals surface area contributed by atoms with Crippen molar-refractivity contribution < 1.29 is 18.4 Å². The number of carbonyl (C=O) groups is 2. The van der Waals surface area contributed by atoms with Crippen molar-refractivity contribution in [3.05, 3.63) is 70.8 Å². The first kappa shape index (κ1) is 26.8. The van der Waals surface area contributed by atoms with Crippen molar-refractivity contribution in [3.63, 3.8) is 0 Å². The largest absolute Gasteiger partial charge is 0.358 e. The van der Waals surface area contributed by atoms with E-state index in [1.165, 1.54) is 18.2 Å². The van der Waals surface area contributed by atoms with Crippen LogP contribution in [0.1, 0.15) is 36.5 Å². The molecular weight excluding hydrogens is 450 g/mol. The number of carbonyl (C=O) groups excluding carboxylic acids is 2. The summed E-state index contributed by atoms with van der Waals surface area (Å²) in [6.07, 6.45) is 2.38. The number of halogens is 2. The van der Waals surface area contributed by atoms with E-state index in [0.29, 0.717) is 38.0 Å². The molecule has 0 radical (unpaired) electrons. The number of rotatable bonds is 9. The maximum absolute atomic E-state index is 14.1. The van der Waals surface area contributed by atoms with Crippen molar-refractivity contribution in [2.75, 3.05) is 26.7 Å². The number of amides is 2. The topological polar surface area (TPSA) is 78.7 Å². The number of aryl methyl sites for hydroxylation is 1. The molecule has 0 aliphatic carbocycles. The van der Waals surface area contributed by atoms with Gasteiger partial charge in [0.05, 0.1) is 12.1 Å². The van der Waals surface area contributed by atoms with E-state index >= 15 is 0 Å². The van der Waals surface area contributed by atoms with Gasteiger partial charge >= 0.3 is 0 Å². The zero-order valence-corrected chi connectivity index (χ0v) is 20.8. The number of nitrogens with two attached hydrogens (primary N) is 1. The van der Waals surface area contributed by atoms with E-state index < -0.39 is 12.1 Å². The van der Waals surface area contributed by atoms with Gasteiger partial charge in [0.1, 0.15) is 11.6 Å². The third-order valence-corrected chi connectivity index (χ3v) is 6.76. The molecule has 3 atom stereocenters. The summed E-state index contributed by atoms with van der Waals surface area (Å²) in [4.78, 5) is 30.0. The highest BCUT2D eigenvalue weighted by molar-refractivity contribution is 5.83. The van der Waals surface area contributed by atoms with Gasteiger partial charge in [-0.1, -0.05) is 37.6 Å². The Hall–Kier alpha value is -2.84. The lowest BCUT2D eigenvalue weighted by Gasteiger charge is -2.44. The smallest absolute Gasteiger partial charge is 0.240 e. The van der Waals surface area contributed by atoms with Gasteiger partial charge in [0.2, 0.25) is 11.8 Å². The summed E-state index contributed by atoms with van der Waals surface area (Å²) in [6, 6.07) is 9.82. The van der Waals surface area contributed by atoms with E-state index in [0.717, 1.165) is 24.0 Å². The van der Waals surface area contributed by atoms with Crippen LogP contribution in [0.25, 0.3) is 0 Å². The Balaban J connectivity index is 1.72. The molecule has 3 rings (SSSR count). The van der Waals surface area contributed by atoms with Gasteiger partial charge in [0, 0.05) is 32.7 Å². The van der Waals surface area contributed by atoms with Gasteiger partial charge in [-0.3, -0.25) is 14.5 Å².